The number of nitrogens with zero attached hydrogens (tertiary/aromatic N) is 3. The molecule has 0 aliphatic rings. The van der Waals surface area contributed by atoms with Crippen molar-refractivity contribution in [3.63, 3.8) is 0 Å². The summed E-state index contributed by atoms with van der Waals surface area (Å²) in [6.07, 6.45) is 3.86. The molecule has 7 heteroatoms. The first kappa shape index (κ1) is 18.9. The van der Waals surface area contributed by atoms with Gasteiger partial charge in [-0.25, -0.2) is 9.67 Å². The highest BCUT2D eigenvalue weighted by atomic mass is 16.6. The number of carbonyl (C=O) groups is 2. The SMILES string of the molecule is CCOC(=O)C(C=Nc1ccnn1CCC(C)C)C(=O)OCC. The number of aromatic nitrogens is 2. The molecule has 7 nitrogen and oxygen atoms in total. The van der Waals surface area contributed by atoms with Gasteiger partial charge in [0, 0.05) is 18.8 Å². The first-order valence-corrected chi connectivity index (χ1v) is 7.88. The van der Waals surface area contributed by atoms with Crippen LogP contribution in [0.25, 0.3) is 0 Å². The lowest BCUT2D eigenvalue weighted by atomic mass is 10.1. The van der Waals surface area contributed by atoms with E-state index in [2.05, 4.69) is 23.9 Å². The van der Waals surface area contributed by atoms with Crippen molar-refractivity contribution < 1.29 is 19.1 Å². The Balaban J connectivity index is 2.86. The maximum atomic E-state index is 11.9. The molecule has 0 aliphatic carbocycles. The number of ether oxygens (including phenoxy) is 2. The molecule has 0 aliphatic heterocycles. The van der Waals surface area contributed by atoms with Crippen LogP contribution in [0.5, 0.6) is 0 Å². The lowest BCUT2D eigenvalue weighted by molar-refractivity contribution is -0.157. The molecule has 23 heavy (non-hydrogen) atoms. The third-order valence-corrected chi connectivity index (χ3v) is 3.05. The van der Waals surface area contributed by atoms with Gasteiger partial charge in [0.1, 0.15) is 5.82 Å². The van der Waals surface area contributed by atoms with Gasteiger partial charge in [-0.15, -0.1) is 0 Å². The largest absolute Gasteiger partial charge is 0.465 e. The zero-order valence-corrected chi connectivity index (χ0v) is 14.2. The predicted octanol–water partition coefficient (Wildman–Crippen LogP) is 2.37. The van der Waals surface area contributed by atoms with Crippen LogP contribution in [0, 0.1) is 11.8 Å². The molecule has 128 valence electrons. The molecule has 0 saturated carbocycles. The Kier molecular flexibility index (Phi) is 8.01. The predicted molar refractivity (Wildman–Crippen MR) is 86.6 cm³/mol. The van der Waals surface area contributed by atoms with Gasteiger partial charge in [-0.3, -0.25) is 9.59 Å². The van der Waals surface area contributed by atoms with Crippen LogP contribution in [-0.4, -0.2) is 41.1 Å². The lowest BCUT2D eigenvalue weighted by Crippen LogP contribution is -2.29. The fraction of sp³-hybridized carbons (Fsp3) is 0.625. The molecular weight excluding hydrogens is 298 g/mol. The smallest absolute Gasteiger partial charge is 0.325 e. The van der Waals surface area contributed by atoms with Crippen LogP contribution < -0.4 is 0 Å². The third kappa shape index (κ3) is 6.22. The molecule has 1 aromatic rings. The van der Waals surface area contributed by atoms with Crippen LogP contribution in [0.1, 0.15) is 34.1 Å². The summed E-state index contributed by atoms with van der Waals surface area (Å²) >= 11 is 0. The number of carbonyl (C=O) groups excluding carboxylic acids is 2. The van der Waals surface area contributed by atoms with Crippen molar-refractivity contribution >= 4 is 24.0 Å². The normalized spacial score (nSPS) is 11.4. The Hall–Kier alpha value is -2.18. The van der Waals surface area contributed by atoms with E-state index in [0.29, 0.717) is 11.7 Å². The van der Waals surface area contributed by atoms with Crippen LogP contribution in [-0.2, 0) is 25.6 Å². The summed E-state index contributed by atoms with van der Waals surface area (Å²) in [6, 6.07) is 1.73. The quantitative estimate of drug-likeness (QED) is 0.396. The summed E-state index contributed by atoms with van der Waals surface area (Å²) < 4.78 is 11.5. The van der Waals surface area contributed by atoms with Crippen LogP contribution in [0.3, 0.4) is 0 Å². The molecule has 0 amide bonds. The Bertz CT molecular complexity index is 519. The number of hydrogen-bond acceptors (Lipinski definition) is 6. The summed E-state index contributed by atoms with van der Waals surface area (Å²) in [6.45, 7) is 8.72. The lowest BCUT2D eigenvalue weighted by Gasteiger charge is -2.10. The van der Waals surface area contributed by atoms with Crippen LogP contribution in [0.4, 0.5) is 5.82 Å². The van der Waals surface area contributed by atoms with E-state index in [4.69, 9.17) is 9.47 Å². The third-order valence-electron chi connectivity index (χ3n) is 3.05. The van der Waals surface area contributed by atoms with Crippen molar-refractivity contribution in [2.45, 2.75) is 40.7 Å². The molecular formula is C16H25N3O4. The summed E-state index contributed by atoms with van der Waals surface area (Å²) in [4.78, 5) is 28.0. The van der Waals surface area contributed by atoms with E-state index in [9.17, 15) is 9.59 Å². The van der Waals surface area contributed by atoms with Gasteiger partial charge in [0.15, 0.2) is 5.92 Å². The fourth-order valence-electron chi connectivity index (χ4n) is 1.82. The van der Waals surface area contributed by atoms with Gasteiger partial charge in [0.2, 0.25) is 0 Å². The first-order chi connectivity index (χ1) is 11.0. The standard InChI is InChI=1S/C16H25N3O4/c1-5-22-15(20)13(16(21)23-6-2)11-17-14-7-9-18-19(14)10-8-12(3)4/h7,9,11-13H,5-6,8,10H2,1-4H3. The molecule has 0 aromatic carbocycles. The number of aryl methyl sites for hydroxylation is 1. The average molecular weight is 323 g/mol. The van der Waals surface area contributed by atoms with Crippen molar-refractivity contribution in [2.24, 2.45) is 16.8 Å². The van der Waals surface area contributed by atoms with E-state index >= 15 is 0 Å². The summed E-state index contributed by atoms with van der Waals surface area (Å²) in [5.41, 5.74) is 0. The molecule has 0 unspecified atom stereocenters. The summed E-state index contributed by atoms with van der Waals surface area (Å²) in [5.74, 6) is -1.36. The molecule has 0 N–H and O–H groups in total. The minimum Gasteiger partial charge on any atom is -0.465 e. The molecule has 1 heterocycles. The van der Waals surface area contributed by atoms with Crippen LogP contribution in [0.15, 0.2) is 17.3 Å². The fourth-order valence-corrected chi connectivity index (χ4v) is 1.82. The average Bonchev–Trinajstić information content (AvgIpc) is 2.93. The maximum absolute atomic E-state index is 11.9. The molecule has 0 fully saturated rings. The van der Waals surface area contributed by atoms with E-state index in [1.54, 1.807) is 30.8 Å². The molecule has 0 spiro atoms. The first-order valence-electron chi connectivity index (χ1n) is 7.88. The second-order valence-electron chi connectivity index (χ2n) is 5.36. The summed E-state index contributed by atoms with van der Waals surface area (Å²) in [7, 11) is 0. The minimum atomic E-state index is -1.16. The monoisotopic (exact) mass is 323 g/mol. The highest BCUT2D eigenvalue weighted by molar-refractivity contribution is 6.09. The van der Waals surface area contributed by atoms with Crippen molar-refractivity contribution in [1.82, 2.24) is 9.78 Å². The van der Waals surface area contributed by atoms with Crippen molar-refractivity contribution in [3.8, 4) is 0 Å². The summed E-state index contributed by atoms with van der Waals surface area (Å²) in [5, 5.41) is 4.20. The highest BCUT2D eigenvalue weighted by Gasteiger charge is 2.27. The maximum Gasteiger partial charge on any atom is 0.325 e. The van der Waals surface area contributed by atoms with Gasteiger partial charge in [0.05, 0.1) is 19.4 Å². The zero-order valence-electron chi connectivity index (χ0n) is 14.2. The topological polar surface area (TPSA) is 82.8 Å². The Morgan fingerprint density at radius 2 is 1.87 bits per heavy atom. The van der Waals surface area contributed by atoms with E-state index in [0.717, 1.165) is 13.0 Å². The van der Waals surface area contributed by atoms with E-state index in [1.807, 2.05) is 0 Å². The van der Waals surface area contributed by atoms with E-state index in [1.165, 1.54) is 6.21 Å². The highest BCUT2D eigenvalue weighted by Crippen LogP contribution is 2.14. The Morgan fingerprint density at radius 1 is 1.26 bits per heavy atom. The van der Waals surface area contributed by atoms with Crippen LogP contribution in [0.2, 0.25) is 0 Å². The van der Waals surface area contributed by atoms with Gasteiger partial charge >= 0.3 is 11.9 Å². The van der Waals surface area contributed by atoms with Gasteiger partial charge in [-0.05, 0) is 26.2 Å². The Labute approximate surface area is 136 Å². The van der Waals surface area contributed by atoms with Crippen molar-refractivity contribution in [3.05, 3.63) is 12.3 Å². The van der Waals surface area contributed by atoms with Gasteiger partial charge in [-0.2, -0.15) is 5.10 Å². The van der Waals surface area contributed by atoms with Crippen molar-refractivity contribution in [1.29, 1.82) is 0 Å². The second kappa shape index (κ2) is 9.76. The second-order valence-corrected chi connectivity index (χ2v) is 5.36. The minimum absolute atomic E-state index is 0.189. The number of esters is 2. The molecule has 0 bridgehead atoms. The molecule has 1 aromatic heterocycles. The molecule has 1 rings (SSSR count). The van der Waals surface area contributed by atoms with E-state index in [-0.39, 0.29) is 13.2 Å². The Morgan fingerprint density at radius 3 is 2.39 bits per heavy atom. The number of aliphatic imine (C=N–C) groups is 1. The van der Waals surface area contributed by atoms with Gasteiger partial charge in [-0.1, -0.05) is 13.8 Å². The molecule has 0 saturated heterocycles. The molecule has 0 atom stereocenters. The number of rotatable bonds is 9. The number of hydrogen-bond donors (Lipinski definition) is 0. The van der Waals surface area contributed by atoms with Gasteiger partial charge in [0.25, 0.3) is 0 Å². The van der Waals surface area contributed by atoms with E-state index < -0.39 is 17.9 Å². The molecule has 0 radical (unpaired) electrons. The van der Waals surface area contributed by atoms with Crippen LogP contribution >= 0.6 is 0 Å². The zero-order chi connectivity index (χ0) is 17.2. The van der Waals surface area contributed by atoms with Gasteiger partial charge < -0.3 is 9.47 Å². The van der Waals surface area contributed by atoms with Crippen molar-refractivity contribution in [2.75, 3.05) is 13.2 Å².